The summed E-state index contributed by atoms with van der Waals surface area (Å²) < 4.78 is 5.55. The number of nitro benzene ring substituents is 1. The number of aromatic nitrogens is 2. The van der Waals surface area contributed by atoms with Crippen LogP contribution in [0.2, 0.25) is 5.02 Å². The molecule has 0 saturated carbocycles. The summed E-state index contributed by atoms with van der Waals surface area (Å²) in [6.45, 7) is 1.89. The van der Waals surface area contributed by atoms with Crippen LogP contribution in [-0.4, -0.2) is 39.9 Å². The first-order valence-electron chi connectivity index (χ1n) is 10.0. The van der Waals surface area contributed by atoms with Crippen LogP contribution in [0.1, 0.15) is 19.3 Å². The van der Waals surface area contributed by atoms with Crippen molar-refractivity contribution in [2.75, 3.05) is 29.1 Å². The van der Waals surface area contributed by atoms with Gasteiger partial charge in [-0.2, -0.15) is 0 Å². The van der Waals surface area contributed by atoms with E-state index in [0.29, 0.717) is 16.3 Å². The average Bonchev–Trinajstić information content (AvgIpc) is 3.28. The van der Waals surface area contributed by atoms with Gasteiger partial charge in [-0.1, -0.05) is 29.4 Å². The number of piperidine rings is 1. The van der Waals surface area contributed by atoms with Crippen LogP contribution in [0, 0.1) is 10.1 Å². The van der Waals surface area contributed by atoms with Gasteiger partial charge < -0.3 is 14.6 Å². The molecule has 4 rings (SSSR count). The second kappa shape index (κ2) is 10.0. The van der Waals surface area contributed by atoms with Crippen LogP contribution in [0.4, 0.5) is 17.1 Å². The van der Waals surface area contributed by atoms with E-state index in [2.05, 4.69) is 20.4 Å². The van der Waals surface area contributed by atoms with Crippen molar-refractivity contribution in [3.63, 3.8) is 0 Å². The number of nitro groups is 1. The van der Waals surface area contributed by atoms with E-state index in [0.717, 1.165) is 43.4 Å². The lowest BCUT2D eigenvalue weighted by Crippen LogP contribution is -2.30. The fourth-order valence-electron chi connectivity index (χ4n) is 3.47. The molecular weight excluding hydrogens is 454 g/mol. The van der Waals surface area contributed by atoms with Crippen molar-refractivity contribution in [2.24, 2.45) is 0 Å². The number of anilines is 2. The number of hydrogen-bond acceptors (Lipinski definition) is 8. The number of carbonyl (C=O) groups excluding carboxylic acids is 1. The maximum absolute atomic E-state index is 12.6. The Morgan fingerprint density at radius 2 is 2.00 bits per heavy atom. The standard InChI is InChI=1S/C21H20ClN5O4S/c22-15-7-8-18(26-9-2-1-3-10-26)17(12-15)23-19(28)13-32-21-25-24-20(31-21)14-5-4-6-16(11-14)27(29)30/h4-8,11-12H,1-3,9-10,13H2,(H,23,28). The Bertz CT molecular complexity index is 1130. The molecule has 0 radical (unpaired) electrons. The summed E-state index contributed by atoms with van der Waals surface area (Å²) in [4.78, 5) is 25.3. The summed E-state index contributed by atoms with van der Waals surface area (Å²) in [6, 6.07) is 11.4. The first-order valence-corrected chi connectivity index (χ1v) is 11.4. The van der Waals surface area contributed by atoms with Crippen molar-refractivity contribution in [3.05, 3.63) is 57.6 Å². The molecule has 1 N–H and O–H groups in total. The molecule has 0 aliphatic carbocycles. The molecule has 32 heavy (non-hydrogen) atoms. The van der Waals surface area contributed by atoms with Gasteiger partial charge in [0.05, 0.1) is 22.1 Å². The topological polar surface area (TPSA) is 114 Å². The van der Waals surface area contributed by atoms with Gasteiger partial charge in [-0.25, -0.2) is 0 Å². The number of carbonyl (C=O) groups is 1. The Hall–Kier alpha value is -3.11. The number of nitrogens with one attached hydrogen (secondary N) is 1. The lowest BCUT2D eigenvalue weighted by molar-refractivity contribution is -0.384. The highest BCUT2D eigenvalue weighted by Gasteiger charge is 2.18. The quantitative estimate of drug-likeness (QED) is 0.289. The molecule has 1 aromatic heterocycles. The molecule has 0 atom stereocenters. The molecule has 0 unspecified atom stereocenters. The molecule has 1 fully saturated rings. The normalized spacial score (nSPS) is 13.7. The zero-order chi connectivity index (χ0) is 22.5. The van der Waals surface area contributed by atoms with E-state index >= 15 is 0 Å². The third-order valence-electron chi connectivity index (χ3n) is 4.97. The van der Waals surface area contributed by atoms with Gasteiger partial charge >= 0.3 is 0 Å². The van der Waals surface area contributed by atoms with Gasteiger partial charge in [-0.3, -0.25) is 14.9 Å². The summed E-state index contributed by atoms with van der Waals surface area (Å²) in [5.41, 5.74) is 2.00. The van der Waals surface area contributed by atoms with Gasteiger partial charge in [-0.15, -0.1) is 10.2 Å². The Morgan fingerprint density at radius 3 is 2.78 bits per heavy atom. The van der Waals surface area contributed by atoms with E-state index in [9.17, 15) is 14.9 Å². The number of hydrogen-bond donors (Lipinski definition) is 1. The Kier molecular flexibility index (Phi) is 6.91. The van der Waals surface area contributed by atoms with Crippen LogP contribution in [-0.2, 0) is 4.79 Å². The first-order chi connectivity index (χ1) is 15.5. The minimum absolute atomic E-state index is 0.0581. The van der Waals surface area contributed by atoms with Crippen molar-refractivity contribution >= 4 is 46.3 Å². The second-order valence-electron chi connectivity index (χ2n) is 7.23. The third kappa shape index (κ3) is 5.38. The minimum atomic E-state index is -0.492. The lowest BCUT2D eigenvalue weighted by Gasteiger charge is -2.30. The summed E-state index contributed by atoms with van der Waals surface area (Å²) in [7, 11) is 0. The molecule has 166 valence electrons. The molecule has 3 aromatic rings. The van der Waals surface area contributed by atoms with E-state index in [-0.39, 0.29) is 28.5 Å². The van der Waals surface area contributed by atoms with Crippen LogP contribution in [0.15, 0.2) is 52.1 Å². The fraction of sp³-hybridized carbons (Fsp3) is 0.286. The van der Waals surface area contributed by atoms with Crippen LogP contribution >= 0.6 is 23.4 Å². The summed E-state index contributed by atoms with van der Waals surface area (Å²) in [5.74, 6) is -0.0211. The van der Waals surface area contributed by atoms with Crippen LogP contribution in [0.3, 0.4) is 0 Å². The molecule has 9 nitrogen and oxygen atoms in total. The van der Waals surface area contributed by atoms with E-state index < -0.39 is 4.92 Å². The van der Waals surface area contributed by atoms with Crippen molar-refractivity contribution in [1.82, 2.24) is 10.2 Å². The van der Waals surface area contributed by atoms with Crippen LogP contribution in [0.5, 0.6) is 0 Å². The highest BCUT2D eigenvalue weighted by Crippen LogP contribution is 2.32. The number of thioether (sulfide) groups is 1. The summed E-state index contributed by atoms with van der Waals surface area (Å²) in [5, 5.41) is 22.5. The molecule has 1 aliphatic heterocycles. The molecule has 0 bridgehead atoms. The van der Waals surface area contributed by atoms with Gasteiger partial charge in [0, 0.05) is 35.8 Å². The number of benzene rings is 2. The third-order valence-corrected chi connectivity index (χ3v) is 6.02. The van der Waals surface area contributed by atoms with Crippen LogP contribution < -0.4 is 10.2 Å². The van der Waals surface area contributed by atoms with Crippen molar-refractivity contribution in [1.29, 1.82) is 0 Å². The van der Waals surface area contributed by atoms with Gasteiger partial charge in [0.2, 0.25) is 11.8 Å². The van der Waals surface area contributed by atoms with E-state index in [1.807, 2.05) is 12.1 Å². The largest absolute Gasteiger partial charge is 0.411 e. The highest BCUT2D eigenvalue weighted by atomic mass is 35.5. The molecular formula is C21H20ClN5O4S. The van der Waals surface area contributed by atoms with Gasteiger partial charge in [0.25, 0.3) is 10.9 Å². The minimum Gasteiger partial charge on any atom is -0.411 e. The molecule has 1 saturated heterocycles. The molecule has 2 heterocycles. The number of amides is 1. The molecule has 2 aromatic carbocycles. The van der Waals surface area contributed by atoms with Crippen molar-refractivity contribution < 1.29 is 14.1 Å². The average molecular weight is 474 g/mol. The van der Waals surface area contributed by atoms with E-state index in [1.165, 1.54) is 18.6 Å². The Morgan fingerprint density at radius 1 is 1.19 bits per heavy atom. The van der Waals surface area contributed by atoms with Gasteiger partial charge in [0.15, 0.2) is 0 Å². The number of halogens is 1. The fourth-order valence-corrected chi connectivity index (χ4v) is 4.21. The Balaban J connectivity index is 1.39. The molecule has 0 spiro atoms. The van der Waals surface area contributed by atoms with E-state index in [4.69, 9.17) is 16.0 Å². The number of non-ortho nitro benzene ring substituents is 1. The SMILES string of the molecule is O=C(CSc1nnc(-c2cccc([N+](=O)[O-])c2)o1)Nc1cc(Cl)ccc1N1CCCCC1. The predicted octanol–water partition coefficient (Wildman–Crippen LogP) is 5.02. The smallest absolute Gasteiger partial charge is 0.277 e. The van der Waals surface area contributed by atoms with Gasteiger partial charge in [-0.05, 0) is 43.5 Å². The molecule has 1 aliphatic rings. The zero-order valence-corrected chi connectivity index (χ0v) is 18.6. The Labute approximate surface area is 193 Å². The second-order valence-corrected chi connectivity index (χ2v) is 8.59. The lowest BCUT2D eigenvalue weighted by atomic mass is 10.1. The van der Waals surface area contributed by atoms with Crippen LogP contribution in [0.25, 0.3) is 11.5 Å². The molecule has 11 heteroatoms. The van der Waals surface area contributed by atoms with E-state index in [1.54, 1.807) is 18.2 Å². The molecule has 1 amide bonds. The van der Waals surface area contributed by atoms with Crippen molar-refractivity contribution in [3.8, 4) is 11.5 Å². The zero-order valence-electron chi connectivity index (χ0n) is 17.0. The maximum Gasteiger partial charge on any atom is 0.277 e. The maximum atomic E-state index is 12.6. The highest BCUT2D eigenvalue weighted by molar-refractivity contribution is 7.99. The summed E-state index contributed by atoms with van der Waals surface area (Å²) in [6.07, 6.45) is 3.46. The summed E-state index contributed by atoms with van der Waals surface area (Å²) >= 11 is 7.24. The number of rotatable bonds is 7. The monoisotopic (exact) mass is 473 g/mol. The first kappa shape index (κ1) is 22.1. The predicted molar refractivity (Wildman–Crippen MR) is 123 cm³/mol. The van der Waals surface area contributed by atoms with Gasteiger partial charge in [0.1, 0.15) is 0 Å². The van der Waals surface area contributed by atoms with Crippen molar-refractivity contribution in [2.45, 2.75) is 24.5 Å². The number of nitrogens with zero attached hydrogens (tertiary/aromatic N) is 4.